The first-order valence-corrected chi connectivity index (χ1v) is 9.82. The molecule has 0 aliphatic heterocycles. The van der Waals surface area contributed by atoms with Gasteiger partial charge in [-0.1, -0.05) is 19.1 Å². The third-order valence-electron chi connectivity index (χ3n) is 5.06. The van der Waals surface area contributed by atoms with Crippen molar-refractivity contribution in [3.05, 3.63) is 78.9 Å². The van der Waals surface area contributed by atoms with Gasteiger partial charge in [-0.15, -0.1) is 0 Å². The third kappa shape index (κ3) is 5.08. The predicted molar refractivity (Wildman–Crippen MR) is 116 cm³/mol. The standard InChI is InChI=1S/C24H26N2O4/c1-4-24(3,23(27)28)30-22-11-9-21(10-12-22)29-16-13-18(2)19-5-7-20(8-6-19)26-15-14-25-17-26/h5-15,17H,4,16H2,1-3H3,(H,27,28)/b18-13-. The molecule has 1 atom stereocenters. The molecule has 0 aliphatic carbocycles. The molecule has 1 unspecified atom stereocenters. The van der Waals surface area contributed by atoms with Crippen LogP contribution in [-0.2, 0) is 4.79 Å². The molecule has 0 fully saturated rings. The topological polar surface area (TPSA) is 73.6 Å². The molecule has 3 aromatic rings. The summed E-state index contributed by atoms with van der Waals surface area (Å²) in [6.45, 7) is 5.82. The Balaban J connectivity index is 1.56. The molecule has 0 amide bonds. The Kier molecular flexibility index (Phi) is 6.57. The minimum absolute atomic E-state index is 0.369. The molecule has 0 aliphatic rings. The molecule has 1 aromatic heterocycles. The van der Waals surface area contributed by atoms with Crippen molar-refractivity contribution >= 4 is 11.5 Å². The second-order valence-corrected chi connectivity index (χ2v) is 7.18. The van der Waals surface area contributed by atoms with Crippen LogP contribution >= 0.6 is 0 Å². The van der Waals surface area contributed by atoms with E-state index in [2.05, 4.69) is 29.2 Å². The number of ether oxygens (including phenoxy) is 2. The highest BCUT2D eigenvalue weighted by Crippen LogP contribution is 2.24. The van der Waals surface area contributed by atoms with Crippen molar-refractivity contribution in [2.75, 3.05) is 6.61 Å². The van der Waals surface area contributed by atoms with Crippen LogP contribution in [0.15, 0.2) is 73.3 Å². The molecule has 1 heterocycles. The van der Waals surface area contributed by atoms with Crippen molar-refractivity contribution < 1.29 is 19.4 Å². The maximum atomic E-state index is 11.4. The Labute approximate surface area is 176 Å². The van der Waals surface area contributed by atoms with Crippen LogP contribution in [0.1, 0.15) is 32.8 Å². The molecule has 0 saturated carbocycles. The normalized spacial score (nSPS) is 13.5. The van der Waals surface area contributed by atoms with Crippen LogP contribution in [-0.4, -0.2) is 32.8 Å². The average Bonchev–Trinajstić information content (AvgIpc) is 3.30. The van der Waals surface area contributed by atoms with E-state index in [4.69, 9.17) is 9.47 Å². The van der Waals surface area contributed by atoms with Crippen molar-refractivity contribution in [3.8, 4) is 17.2 Å². The lowest BCUT2D eigenvalue weighted by molar-refractivity contribution is -0.154. The predicted octanol–water partition coefficient (Wildman–Crippen LogP) is 4.99. The third-order valence-corrected chi connectivity index (χ3v) is 5.06. The molecule has 2 aromatic carbocycles. The van der Waals surface area contributed by atoms with Crippen molar-refractivity contribution in [1.82, 2.24) is 9.55 Å². The monoisotopic (exact) mass is 406 g/mol. The molecule has 1 N–H and O–H groups in total. The number of hydrogen-bond donors (Lipinski definition) is 1. The number of aromatic nitrogens is 2. The molecule has 6 nitrogen and oxygen atoms in total. The SMILES string of the molecule is CCC(C)(Oc1ccc(OC/C=C(/C)c2ccc(-n3ccnc3)cc2)cc1)C(=O)O. The highest BCUT2D eigenvalue weighted by molar-refractivity contribution is 5.77. The molecule has 30 heavy (non-hydrogen) atoms. The Morgan fingerprint density at radius 2 is 1.80 bits per heavy atom. The molecular formula is C24H26N2O4. The molecule has 0 spiro atoms. The number of imidazole rings is 1. The van der Waals surface area contributed by atoms with Crippen LogP contribution in [0.25, 0.3) is 11.3 Å². The van der Waals surface area contributed by atoms with Gasteiger partial charge in [0, 0.05) is 18.1 Å². The fourth-order valence-electron chi connectivity index (χ4n) is 2.82. The van der Waals surface area contributed by atoms with E-state index in [1.165, 1.54) is 0 Å². The summed E-state index contributed by atoms with van der Waals surface area (Å²) in [5, 5.41) is 9.31. The summed E-state index contributed by atoms with van der Waals surface area (Å²) < 4.78 is 13.4. The zero-order chi connectivity index (χ0) is 21.6. The van der Waals surface area contributed by atoms with Gasteiger partial charge >= 0.3 is 5.97 Å². The highest BCUT2D eigenvalue weighted by Gasteiger charge is 2.33. The summed E-state index contributed by atoms with van der Waals surface area (Å²) in [7, 11) is 0. The first-order valence-electron chi connectivity index (χ1n) is 9.82. The van der Waals surface area contributed by atoms with E-state index < -0.39 is 11.6 Å². The Morgan fingerprint density at radius 1 is 1.13 bits per heavy atom. The number of carboxylic acids is 1. The first kappa shape index (κ1) is 21.2. The van der Waals surface area contributed by atoms with E-state index >= 15 is 0 Å². The molecule has 0 bridgehead atoms. The van der Waals surface area contributed by atoms with Gasteiger partial charge in [0.2, 0.25) is 5.60 Å². The number of aliphatic carboxylic acids is 1. The van der Waals surface area contributed by atoms with E-state index in [0.29, 0.717) is 24.5 Å². The van der Waals surface area contributed by atoms with Gasteiger partial charge in [0.25, 0.3) is 0 Å². The second-order valence-electron chi connectivity index (χ2n) is 7.18. The number of nitrogens with zero attached hydrogens (tertiary/aromatic N) is 2. The molecule has 3 rings (SSSR count). The zero-order valence-electron chi connectivity index (χ0n) is 17.4. The molecule has 156 valence electrons. The summed E-state index contributed by atoms with van der Waals surface area (Å²) in [5.74, 6) is 0.207. The smallest absolute Gasteiger partial charge is 0.347 e. The minimum Gasteiger partial charge on any atom is -0.490 e. The number of carbonyl (C=O) groups is 1. The van der Waals surface area contributed by atoms with Gasteiger partial charge in [-0.3, -0.25) is 0 Å². The molecule has 0 radical (unpaired) electrons. The van der Waals surface area contributed by atoms with Crippen molar-refractivity contribution in [1.29, 1.82) is 0 Å². The fraction of sp³-hybridized carbons (Fsp3) is 0.250. The van der Waals surface area contributed by atoms with Crippen LogP contribution in [0.5, 0.6) is 11.5 Å². The lowest BCUT2D eigenvalue weighted by Crippen LogP contribution is -2.40. The van der Waals surface area contributed by atoms with Gasteiger partial charge in [-0.25, -0.2) is 9.78 Å². The first-order chi connectivity index (χ1) is 14.4. The zero-order valence-corrected chi connectivity index (χ0v) is 17.4. The van der Waals surface area contributed by atoms with E-state index in [0.717, 1.165) is 16.8 Å². The maximum Gasteiger partial charge on any atom is 0.347 e. The van der Waals surface area contributed by atoms with Crippen molar-refractivity contribution in [2.24, 2.45) is 0 Å². The number of allylic oxidation sites excluding steroid dienone is 1. The quantitative estimate of drug-likeness (QED) is 0.542. The lowest BCUT2D eigenvalue weighted by atomic mass is 10.0. The Bertz CT molecular complexity index is 993. The van der Waals surface area contributed by atoms with Gasteiger partial charge in [-0.05, 0) is 73.9 Å². The van der Waals surface area contributed by atoms with E-state index in [-0.39, 0.29) is 0 Å². The Morgan fingerprint density at radius 3 is 2.37 bits per heavy atom. The van der Waals surface area contributed by atoms with Crippen LogP contribution in [0.4, 0.5) is 0 Å². The number of rotatable bonds is 9. The number of benzene rings is 2. The Hall–Kier alpha value is -3.54. The van der Waals surface area contributed by atoms with Crippen LogP contribution in [0, 0.1) is 0 Å². The van der Waals surface area contributed by atoms with Gasteiger partial charge in [0.05, 0.1) is 6.33 Å². The average molecular weight is 406 g/mol. The molecular weight excluding hydrogens is 380 g/mol. The summed E-state index contributed by atoms with van der Waals surface area (Å²) in [5.41, 5.74) is 2.06. The van der Waals surface area contributed by atoms with Crippen LogP contribution in [0.2, 0.25) is 0 Å². The highest BCUT2D eigenvalue weighted by atomic mass is 16.5. The molecule has 0 saturated heterocycles. The summed E-state index contributed by atoms with van der Waals surface area (Å²) >= 11 is 0. The largest absolute Gasteiger partial charge is 0.490 e. The summed E-state index contributed by atoms with van der Waals surface area (Å²) in [6.07, 6.45) is 7.82. The van der Waals surface area contributed by atoms with Crippen molar-refractivity contribution in [2.45, 2.75) is 32.8 Å². The van der Waals surface area contributed by atoms with Gasteiger partial charge in [0.15, 0.2) is 0 Å². The minimum atomic E-state index is -1.24. The van der Waals surface area contributed by atoms with Crippen LogP contribution in [0.3, 0.4) is 0 Å². The maximum absolute atomic E-state index is 11.4. The summed E-state index contributed by atoms with van der Waals surface area (Å²) in [6, 6.07) is 15.2. The number of carboxylic acid groups (broad SMARTS) is 1. The fourth-order valence-corrected chi connectivity index (χ4v) is 2.82. The number of hydrogen-bond acceptors (Lipinski definition) is 4. The van der Waals surface area contributed by atoms with E-state index in [9.17, 15) is 9.90 Å². The van der Waals surface area contributed by atoms with E-state index in [1.54, 1.807) is 50.6 Å². The van der Waals surface area contributed by atoms with Crippen molar-refractivity contribution in [3.63, 3.8) is 0 Å². The van der Waals surface area contributed by atoms with Gasteiger partial charge < -0.3 is 19.1 Å². The summed E-state index contributed by atoms with van der Waals surface area (Å²) in [4.78, 5) is 15.4. The van der Waals surface area contributed by atoms with Crippen LogP contribution < -0.4 is 9.47 Å². The molecule has 6 heteroatoms. The van der Waals surface area contributed by atoms with Gasteiger partial charge in [0.1, 0.15) is 18.1 Å². The lowest BCUT2D eigenvalue weighted by Gasteiger charge is -2.24. The van der Waals surface area contributed by atoms with Gasteiger partial charge in [-0.2, -0.15) is 0 Å². The second kappa shape index (κ2) is 9.31. The van der Waals surface area contributed by atoms with E-state index in [1.807, 2.05) is 23.8 Å².